The lowest BCUT2D eigenvalue weighted by atomic mass is 10.3. The van der Waals surface area contributed by atoms with E-state index in [2.05, 4.69) is 23.9 Å². The first-order valence-electron chi connectivity index (χ1n) is 6.49. The first kappa shape index (κ1) is 14.3. The van der Waals surface area contributed by atoms with Crippen LogP contribution in [0.5, 0.6) is 0 Å². The number of thiazole rings is 1. The van der Waals surface area contributed by atoms with Crippen LogP contribution in [0.3, 0.4) is 0 Å². The van der Waals surface area contributed by atoms with Crippen LogP contribution in [0.2, 0.25) is 0 Å². The van der Waals surface area contributed by atoms with Gasteiger partial charge in [0.2, 0.25) is 0 Å². The number of halogens is 1. The van der Waals surface area contributed by atoms with Crippen LogP contribution in [0.1, 0.15) is 36.5 Å². The normalized spacial score (nSPS) is 17.3. The van der Waals surface area contributed by atoms with Gasteiger partial charge in [-0.05, 0) is 32.7 Å². The number of nitrogens with zero attached hydrogens (tertiary/aromatic N) is 2. The predicted molar refractivity (Wildman–Crippen MR) is 76.3 cm³/mol. The summed E-state index contributed by atoms with van der Waals surface area (Å²) in [6.45, 7) is 4.88. The van der Waals surface area contributed by atoms with E-state index < -0.39 is 0 Å². The zero-order chi connectivity index (χ0) is 13.0. The molecule has 0 spiro atoms. The molecule has 0 aliphatic heterocycles. The summed E-state index contributed by atoms with van der Waals surface area (Å²) in [4.78, 5) is 6.80. The van der Waals surface area contributed by atoms with Crippen LogP contribution in [0.15, 0.2) is 5.38 Å². The lowest BCUT2D eigenvalue weighted by Gasteiger charge is -2.22. The second-order valence-electron chi connectivity index (χ2n) is 4.99. The molecule has 1 saturated carbocycles. The van der Waals surface area contributed by atoms with E-state index in [-0.39, 0.29) is 0 Å². The summed E-state index contributed by atoms with van der Waals surface area (Å²) in [5.41, 5.74) is 0.974. The van der Waals surface area contributed by atoms with Crippen molar-refractivity contribution in [2.75, 3.05) is 26.8 Å². The van der Waals surface area contributed by atoms with Crippen LogP contribution >= 0.6 is 22.9 Å². The third-order valence-corrected chi connectivity index (χ3v) is 4.70. The van der Waals surface area contributed by atoms with E-state index in [4.69, 9.17) is 16.3 Å². The van der Waals surface area contributed by atoms with Gasteiger partial charge in [-0.25, -0.2) is 4.98 Å². The molecule has 0 amide bonds. The van der Waals surface area contributed by atoms with Crippen LogP contribution in [-0.2, 0) is 10.6 Å². The Morgan fingerprint density at radius 1 is 1.61 bits per heavy atom. The van der Waals surface area contributed by atoms with Gasteiger partial charge in [-0.15, -0.1) is 22.9 Å². The summed E-state index contributed by atoms with van der Waals surface area (Å²) in [5.74, 6) is 1.34. The minimum Gasteiger partial charge on any atom is -0.380 e. The highest BCUT2D eigenvalue weighted by molar-refractivity contribution is 7.09. The predicted octanol–water partition coefficient (Wildman–Crippen LogP) is 3.30. The van der Waals surface area contributed by atoms with E-state index in [9.17, 15) is 0 Å². The topological polar surface area (TPSA) is 25.4 Å². The van der Waals surface area contributed by atoms with Crippen molar-refractivity contribution in [2.45, 2.75) is 31.7 Å². The second kappa shape index (κ2) is 6.85. The molecule has 2 rings (SSSR count). The van der Waals surface area contributed by atoms with E-state index >= 15 is 0 Å². The Labute approximate surface area is 118 Å². The van der Waals surface area contributed by atoms with Crippen molar-refractivity contribution in [3.05, 3.63) is 16.1 Å². The average molecular weight is 289 g/mol. The maximum Gasteiger partial charge on any atom is 0.110 e. The van der Waals surface area contributed by atoms with Crippen molar-refractivity contribution in [3.63, 3.8) is 0 Å². The largest absolute Gasteiger partial charge is 0.380 e. The first-order chi connectivity index (χ1) is 8.70. The fourth-order valence-electron chi connectivity index (χ4n) is 1.70. The van der Waals surface area contributed by atoms with Crippen molar-refractivity contribution < 1.29 is 4.74 Å². The third kappa shape index (κ3) is 4.19. The summed E-state index contributed by atoms with van der Waals surface area (Å²) >= 11 is 7.46. The first-order valence-corrected chi connectivity index (χ1v) is 7.90. The van der Waals surface area contributed by atoms with Gasteiger partial charge in [-0.1, -0.05) is 0 Å². The van der Waals surface area contributed by atoms with Crippen LogP contribution in [0, 0.1) is 5.92 Å². The highest BCUT2D eigenvalue weighted by Gasteiger charge is 2.21. The molecule has 1 unspecified atom stereocenters. The Morgan fingerprint density at radius 2 is 2.39 bits per heavy atom. The fraction of sp³-hybridized carbons (Fsp3) is 0.769. The monoisotopic (exact) mass is 288 g/mol. The number of ether oxygens (including phenoxy) is 1. The van der Waals surface area contributed by atoms with Crippen molar-refractivity contribution in [3.8, 4) is 0 Å². The second-order valence-corrected chi connectivity index (χ2v) is 6.14. The number of alkyl halides is 1. The lowest BCUT2D eigenvalue weighted by molar-refractivity contribution is 0.0936. The molecule has 0 radical (unpaired) electrons. The molecule has 1 aliphatic carbocycles. The Kier molecular flexibility index (Phi) is 5.42. The molecule has 0 N–H and O–H groups in total. The smallest absolute Gasteiger partial charge is 0.110 e. The minimum atomic E-state index is 0.330. The van der Waals surface area contributed by atoms with Gasteiger partial charge in [-0.3, -0.25) is 4.90 Å². The molecule has 1 aromatic rings. The maximum atomic E-state index is 5.77. The van der Waals surface area contributed by atoms with E-state index in [0.717, 1.165) is 36.4 Å². The molecule has 1 aromatic heterocycles. The van der Waals surface area contributed by atoms with Gasteiger partial charge in [0, 0.05) is 18.5 Å². The summed E-state index contributed by atoms with van der Waals surface area (Å²) < 4.78 is 5.66. The van der Waals surface area contributed by atoms with E-state index in [0.29, 0.717) is 11.9 Å². The Bertz CT molecular complexity index is 368. The van der Waals surface area contributed by atoms with Crippen molar-refractivity contribution in [1.82, 2.24) is 9.88 Å². The molecule has 0 saturated heterocycles. The quantitative estimate of drug-likeness (QED) is 0.542. The van der Waals surface area contributed by atoms with Crippen LogP contribution in [-0.4, -0.2) is 36.7 Å². The molecule has 5 heteroatoms. The Balaban J connectivity index is 1.70. The van der Waals surface area contributed by atoms with Crippen molar-refractivity contribution >= 4 is 22.9 Å². The van der Waals surface area contributed by atoms with Gasteiger partial charge in [0.15, 0.2) is 0 Å². The summed E-state index contributed by atoms with van der Waals surface area (Å²) in [6, 6.07) is 0.330. The Hall–Kier alpha value is -0.160. The molecule has 3 nitrogen and oxygen atoms in total. The summed E-state index contributed by atoms with van der Waals surface area (Å²) in [6.07, 6.45) is 2.71. The number of aromatic nitrogens is 1. The molecule has 1 heterocycles. The van der Waals surface area contributed by atoms with Crippen LogP contribution in [0.4, 0.5) is 0 Å². The van der Waals surface area contributed by atoms with Gasteiger partial charge in [0.1, 0.15) is 5.01 Å². The van der Waals surface area contributed by atoms with Gasteiger partial charge >= 0.3 is 0 Å². The molecule has 102 valence electrons. The zero-order valence-corrected chi connectivity index (χ0v) is 12.6. The number of hydrogen-bond donors (Lipinski definition) is 0. The standard InChI is InChI=1S/C13H21ClN2OS/c1-10(13-15-12(7-14)9-18-13)16(2)5-6-17-8-11-3-4-11/h9-11H,3-8H2,1-2H3. The molecular formula is C13H21ClN2OS. The van der Waals surface area contributed by atoms with Gasteiger partial charge < -0.3 is 4.74 Å². The minimum absolute atomic E-state index is 0.330. The highest BCUT2D eigenvalue weighted by Crippen LogP contribution is 2.28. The van der Waals surface area contributed by atoms with E-state index in [1.165, 1.54) is 12.8 Å². The van der Waals surface area contributed by atoms with E-state index in [1.807, 2.05) is 5.38 Å². The molecule has 1 atom stereocenters. The van der Waals surface area contributed by atoms with Crippen molar-refractivity contribution in [1.29, 1.82) is 0 Å². The van der Waals surface area contributed by atoms with E-state index in [1.54, 1.807) is 11.3 Å². The molecule has 1 aliphatic rings. The molecule has 0 bridgehead atoms. The Morgan fingerprint density at radius 3 is 3.00 bits per heavy atom. The van der Waals surface area contributed by atoms with Gasteiger partial charge in [0.05, 0.1) is 24.2 Å². The molecule has 18 heavy (non-hydrogen) atoms. The lowest BCUT2D eigenvalue weighted by Crippen LogP contribution is -2.26. The third-order valence-electron chi connectivity index (χ3n) is 3.36. The summed E-state index contributed by atoms with van der Waals surface area (Å²) in [5, 5.41) is 3.17. The summed E-state index contributed by atoms with van der Waals surface area (Å²) in [7, 11) is 2.12. The SMILES string of the molecule is CC(c1nc(CCl)cs1)N(C)CCOCC1CC1. The van der Waals surface area contributed by atoms with Crippen molar-refractivity contribution in [2.24, 2.45) is 5.92 Å². The number of likely N-dealkylation sites (N-methyl/N-ethyl adjacent to an activating group) is 1. The molecule has 1 fully saturated rings. The maximum absolute atomic E-state index is 5.77. The average Bonchev–Trinajstić information content (AvgIpc) is 3.08. The van der Waals surface area contributed by atoms with Gasteiger partial charge in [0.25, 0.3) is 0 Å². The zero-order valence-electron chi connectivity index (χ0n) is 11.1. The molecule has 0 aromatic carbocycles. The van der Waals surface area contributed by atoms with Crippen LogP contribution in [0.25, 0.3) is 0 Å². The number of rotatable bonds is 8. The fourth-order valence-corrected chi connectivity index (χ4v) is 2.87. The van der Waals surface area contributed by atoms with Gasteiger partial charge in [-0.2, -0.15) is 0 Å². The molecular weight excluding hydrogens is 268 g/mol. The highest BCUT2D eigenvalue weighted by atomic mass is 35.5. The number of hydrogen-bond acceptors (Lipinski definition) is 4. The van der Waals surface area contributed by atoms with Crippen LogP contribution < -0.4 is 0 Å².